The van der Waals surface area contributed by atoms with Crippen molar-refractivity contribution in [2.24, 2.45) is 16.9 Å². The first-order chi connectivity index (χ1) is 19.7. The van der Waals surface area contributed by atoms with E-state index in [-0.39, 0.29) is 34.9 Å². The third-order valence-electron chi connectivity index (χ3n) is 8.67. The minimum Gasteiger partial charge on any atom is -0.347 e. The van der Waals surface area contributed by atoms with Gasteiger partial charge in [0.05, 0.1) is 47.6 Å². The van der Waals surface area contributed by atoms with Crippen molar-refractivity contribution >= 4 is 52.8 Å². The molecule has 2 atom stereocenters. The molecule has 2 fully saturated rings. The molecular weight excluding hydrogens is 565 g/mol. The van der Waals surface area contributed by atoms with Crippen LogP contribution in [0.3, 0.4) is 0 Å². The van der Waals surface area contributed by atoms with E-state index in [1.54, 1.807) is 25.3 Å². The maximum absolute atomic E-state index is 14.4. The van der Waals surface area contributed by atoms with E-state index >= 15 is 0 Å². The zero-order valence-electron chi connectivity index (χ0n) is 22.0. The second-order valence-electron chi connectivity index (χ2n) is 10.9. The molecule has 10 heteroatoms. The summed E-state index contributed by atoms with van der Waals surface area (Å²) in [5, 5.41) is 5.03. The molecule has 0 spiro atoms. The van der Waals surface area contributed by atoms with Crippen LogP contribution in [-0.2, 0) is 29.3 Å². The van der Waals surface area contributed by atoms with Crippen LogP contribution >= 0.6 is 23.2 Å². The smallest absolute Gasteiger partial charge is 0.245 e. The van der Waals surface area contributed by atoms with Crippen molar-refractivity contribution < 1.29 is 23.9 Å². The van der Waals surface area contributed by atoms with Crippen LogP contribution < -0.4 is 10.3 Å². The summed E-state index contributed by atoms with van der Waals surface area (Å²) in [6.45, 7) is 2.54. The van der Waals surface area contributed by atoms with Crippen molar-refractivity contribution in [3.8, 4) is 0 Å². The van der Waals surface area contributed by atoms with Crippen LogP contribution in [0.5, 0.6) is 0 Å². The number of benzene rings is 3. The maximum Gasteiger partial charge on any atom is 0.245 e. The van der Waals surface area contributed by atoms with Crippen molar-refractivity contribution in [1.82, 2.24) is 5.43 Å². The predicted molar refractivity (Wildman–Crippen MR) is 153 cm³/mol. The summed E-state index contributed by atoms with van der Waals surface area (Å²) in [6.07, 6.45) is 1.57. The number of nitrogens with zero attached hydrogens (tertiary/aromatic N) is 2. The summed E-state index contributed by atoms with van der Waals surface area (Å²) in [5.74, 6) is -3.96. The number of ether oxygens (including phenoxy) is 2. The Hall–Kier alpha value is -3.56. The highest BCUT2D eigenvalue weighted by Crippen LogP contribution is 2.63. The molecule has 0 unspecified atom stereocenters. The summed E-state index contributed by atoms with van der Waals surface area (Å²) >= 11 is 12.6. The lowest BCUT2D eigenvalue weighted by Gasteiger charge is -2.52. The fraction of sp³-hybridized carbons (Fsp3) is 0.290. The number of nitrogens with one attached hydrogen (secondary N) is 1. The van der Waals surface area contributed by atoms with Gasteiger partial charge in [-0.25, -0.2) is 10.3 Å². The number of imide groups is 1. The number of hydrogen-bond donors (Lipinski definition) is 1. The standard InChI is InChI=1S/C31H25Cl2N3O5/c1-30(40-12-13-41-30)15-24(37)35-34-16-31-20-8-4-2-6-18(20)25(19-7-3-5-9-21(19)31)26-27(31)29(39)36(28(26)38)23-11-10-17(32)14-22(23)33/h2-11,14,16,25-27H,12-13,15H2,1H3,(H,35,37)/b34-16-/t25?,26-,27-,31?/m0/s1. The van der Waals surface area contributed by atoms with E-state index in [4.69, 9.17) is 32.7 Å². The highest BCUT2D eigenvalue weighted by Gasteiger charge is 2.68. The molecule has 2 heterocycles. The average Bonchev–Trinajstić information content (AvgIpc) is 3.50. The van der Waals surface area contributed by atoms with E-state index in [1.165, 1.54) is 11.0 Å². The van der Waals surface area contributed by atoms with Crippen LogP contribution in [0.1, 0.15) is 41.5 Å². The molecule has 0 aromatic heterocycles. The second-order valence-corrected chi connectivity index (χ2v) is 11.8. The summed E-state index contributed by atoms with van der Waals surface area (Å²) < 4.78 is 11.1. The van der Waals surface area contributed by atoms with E-state index < -0.39 is 28.9 Å². The largest absolute Gasteiger partial charge is 0.347 e. The molecule has 2 bridgehead atoms. The summed E-state index contributed by atoms with van der Waals surface area (Å²) in [7, 11) is 0. The minimum absolute atomic E-state index is 0.0428. The summed E-state index contributed by atoms with van der Waals surface area (Å²) in [4.78, 5) is 42.7. The van der Waals surface area contributed by atoms with Gasteiger partial charge in [-0.2, -0.15) is 5.10 Å². The van der Waals surface area contributed by atoms with Crippen molar-refractivity contribution in [2.75, 3.05) is 18.1 Å². The van der Waals surface area contributed by atoms with E-state index in [0.29, 0.717) is 18.2 Å². The zero-order valence-corrected chi connectivity index (χ0v) is 23.5. The lowest BCUT2D eigenvalue weighted by molar-refractivity contribution is -0.159. The maximum atomic E-state index is 14.4. The number of rotatable bonds is 5. The van der Waals surface area contributed by atoms with Crippen molar-refractivity contribution in [2.45, 2.75) is 30.5 Å². The molecule has 3 aromatic carbocycles. The SMILES string of the molecule is CC1(CC(=O)N/N=C\C23c4ccccc4C(c4ccccc42)[C@@H]2C(=O)N(c4ccc(Cl)cc4Cl)C(=O)[C@H]23)OCCO1. The first kappa shape index (κ1) is 26.3. The normalized spacial score (nSPS) is 27.2. The summed E-state index contributed by atoms with van der Waals surface area (Å²) in [5.41, 5.74) is 5.44. The van der Waals surface area contributed by atoms with Gasteiger partial charge in [0.15, 0.2) is 5.79 Å². The highest BCUT2D eigenvalue weighted by atomic mass is 35.5. The Balaban J connectivity index is 1.36. The quantitative estimate of drug-likeness (QED) is 0.262. The van der Waals surface area contributed by atoms with Crippen molar-refractivity contribution in [3.05, 3.63) is 99.0 Å². The molecule has 5 aliphatic rings. The Morgan fingerprint density at radius 1 is 1.00 bits per heavy atom. The van der Waals surface area contributed by atoms with Crippen LogP contribution in [0.15, 0.2) is 71.8 Å². The Morgan fingerprint density at radius 2 is 1.63 bits per heavy atom. The Kier molecular flexibility index (Phi) is 6.10. The van der Waals surface area contributed by atoms with Crippen LogP contribution in [0.2, 0.25) is 10.0 Å². The van der Waals surface area contributed by atoms with Crippen molar-refractivity contribution in [1.29, 1.82) is 0 Å². The average molecular weight is 590 g/mol. The monoisotopic (exact) mass is 589 g/mol. The Bertz CT molecular complexity index is 1600. The fourth-order valence-corrected chi connectivity index (χ4v) is 7.64. The topological polar surface area (TPSA) is 97.3 Å². The number of carbonyl (C=O) groups excluding carboxylic acids is 3. The van der Waals surface area contributed by atoms with Crippen LogP contribution in [0.25, 0.3) is 0 Å². The molecule has 1 N–H and O–H groups in total. The molecule has 3 amide bonds. The van der Waals surface area contributed by atoms with Gasteiger partial charge in [0.1, 0.15) is 0 Å². The number of amides is 3. The molecule has 2 aliphatic heterocycles. The molecule has 208 valence electrons. The van der Waals surface area contributed by atoms with Crippen LogP contribution in [0.4, 0.5) is 5.69 Å². The zero-order chi connectivity index (χ0) is 28.5. The van der Waals surface area contributed by atoms with Crippen LogP contribution in [-0.4, -0.2) is 42.9 Å². The third-order valence-corrected chi connectivity index (χ3v) is 9.21. The summed E-state index contributed by atoms with van der Waals surface area (Å²) in [6, 6.07) is 20.3. The van der Waals surface area contributed by atoms with Crippen molar-refractivity contribution in [3.63, 3.8) is 0 Å². The molecule has 3 aliphatic carbocycles. The van der Waals surface area contributed by atoms with Gasteiger partial charge in [0.25, 0.3) is 0 Å². The predicted octanol–water partition coefficient (Wildman–Crippen LogP) is 4.80. The first-order valence-electron chi connectivity index (χ1n) is 13.4. The van der Waals surface area contributed by atoms with Gasteiger partial charge in [0.2, 0.25) is 17.7 Å². The van der Waals surface area contributed by atoms with Gasteiger partial charge in [-0.3, -0.25) is 14.4 Å². The second kappa shape index (κ2) is 9.49. The lowest BCUT2D eigenvalue weighted by Crippen LogP contribution is -2.54. The van der Waals surface area contributed by atoms with Gasteiger partial charge in [-0.1, -0.05) is 71.7 Å². The number of anilines is 1. The van der Waals surface area contributed by atoms with Gasteiger partial charge >= 0.3 is 0 Å². The molecule has 8 nitrogen and oxygen atoms in total. The fourth-order valence-electron chi connectivity index (χ4n) is 7.15. The van der Waals surface area contributed by atoms with Gasteiger partial charge < -0.3 is 9.47 Å². The number of halogens is 2. The van der Waals surface area contributed by atoms with Crippen LogP contribution in [0, 0.1) is 11.8 Å². The van der Waals surface area contributed by atoms with E-state index in [9.17, 15) is 14.4 Å². The van der Waals surface area contributed by atoms with E-state index in [0.717, 1.165) is 22.3 Å². The Labute approximate surface area is 246 Å². The van der Waals surface area contributed by atoms with E-state index in [2.05, 4.69) is 10.5 Å². The number of carbonyl (C=O) groups is 3. The van der Waals surface area contributed by atoms with E-state index in [1.807, 2.05) is 48.5 Å². The number of hydrogen-bond acceptors (Lipinski definition) is 6. The third kappa shape index (κ3) is 3.82. The lowest BCUT2D eigenvalue weighted by atomic mass is 9.47. The molecule has 41 heavy (non-hydrogen) atoms. The van der Waals surface area contributed by atoms with Gasteiger partial charge in [0, 0.05) is 17.2 Å². The Morgan fingerprint density at radius 3 is 2.27 bits per heavy atom. The van der Waals surface area contributed by atoms with Gasteiger partial charge in [-0.15, -0.1) is 0 Å². The highest BCUT2D eigenvalue weighted by molar-refractivity contribution is 6.38. The number of hydrazone groups is 1. The molecule has 0 saturated carbocycles. The first-order valence-corrected chi connectivity index (χ1v) is 14.1. The molecule has 0 radical (unpaired) electrons. The molecule has 2 saturated heterocycles. The molecular formula is C31H25Cl2N3O5. The molecule has 3 aromatic rings. The molecule has 8 rings (SSSR count). The van der Waals surface area contributed by atoms with Gasteiger partial charge in [-0.05, 0) is 47.4 Å². The minimum atomic E-state index is -1.12.